The van der Waals surface area contributed by atoms with E-state index in [1.165, 1.54) is 0 Å². The summed E-state index contributed by atoms with van der Waals surface area (Å²) in [4.78, 5) is 27.9. The van der Waals surface area contributed by atoms with Crippen molar-refractivity contribution in [3.63, 3.8) is 0 Å². The molecule has 1 atom stereocenters. The van der Waals surface area contributed by atoms with Gasteiger partial charge in [0, 0.05) is 10.7 Å². The second-order valence-electron chi connectivity index (χ2n) is 4.86. The molecule has 0 aliphatic heterocycles. The van der Waals surface area contributed by atoms with Crippen LogP contribution in [0.4, 0.5) is 0 Å². The summed E-state index contributed by atoms with van der Waals surface area (Å²) in [5.41, 5.74) is -0.683. The maximum atomic E-state index is 12.3. The molecule has 6 heteroatoms. The molecule has 0 spiro atoms. The van der Waals surface area contributed by atoms with Crippen LogP contribution in [0.1, 0.15) is 31.5 Å². The summed E-state index contributed by atoms with van der Waals surface area (Å²) < 4.78 is 0.849. The Kier molecular flexibility index (Phi) is 4.23. The molecular weight excluding hydrogens is 324 g/mol. The van der Waals surface area contributed by atoms with Gasteiger partial charge in [0.25, 0.3) is 0 Å². The van der Waals surface area contributed by atoms with E-state index in [2.05, 4.69) is 26.2 Å². The number of halogens is 1. The fourth-order valence-corrected chi connectivity index (χ4v) is 2.40. The van der Waals surface area contributed by atoms with Crippen molar-refractivity contribution in [2.75, 3.05) is 0 Å². The molecule has 5 nitrogen and oxygen atoms in total. The lowest BCUT2D eigenvalue weighted by molar-refractivity contribution is -0.155. The third kappa shape index (κ3) is 2.75. The Balaban J connectivity index is 2.10. The number of nitrogens with zero attached hydrogens (tertiary/aromatic N) is 1. The molecule has 1 aliphatic carbocycles. The minimum atomic E-state index is -1.37. The number of aromatic nitrogens is 1. The number of nitrogens with one attached hydrogen (secondary N) is 1. The molecule has 106 valence electrons. The van der Waals surface area contributed by atoms with Gasteiger partial charge in [-0.1, -0.05) is 12.2 Å². The minimum Gasteiger partial charge on any atom is -0.480 e. The fourth-order valence-electron chi connectivity index (χ4n) is 2.16. The predicted octanol–water partition coefficient (Wildman–Crippen LogP) is 2.44. The molecule has 1 unspecified atom stereocenters. The van der Waals surface area contributed by atoms with Crippen molar-refractivity contribution in [2.24, 2.45) is 5.41 Å². The number of allylic oxidation sites excluding steroid dienone is 2. The lowest BCUT2D eigenvalue weighted by Gasteiger charge is -2.25. The SMILES string of the molecule is CC(NC(=O)C1(C(=O)O)CC=CC1)c1ccc(Br)cn1. The number of rotatable bonds is 4. The first-order valence-electron chi connectivity index (χ1n) is 6.26. The maximum absolute atomic E-state index is 12.3. The minimum absolute atomic E-state index is 0.231. The van der Waals surface area contributed by atoms with Gasteiger partial charge in [0.05, 0.1) is 11.7 Å². The van der Waals surface area contributed by atoms with Crippen LogP contribution in [0.25, 0.3) is 0 Å². The third-order valence-corrected chi connectivity index (χ3v) is 3.95. The normalized spacial score (nSPS) is 17.7. The molecule has 1 amide bonds. The number of carboxylic acid groups (broad SMARTS) is 1. The number of hydrogen-bond acceptors (Lipinski definition) is 3. The highest BCUT2D eigenvalue weighted by Crippen LogP contribution is 2.34. The zero-order valence-electron chi connectivity index (χ0n) is 11.0. The molecule has 1 aromatic heterocycles. The first-order chi connectivity index (χ1) is 9.45. The van der Waals surface area contributed by atoms with E-state index in [1.807, 2.05) is 6.07 Å². The first-order valence-corrected chi connectivity index (χ1v) is 7.06. The van der Waals surface area contributed by atoms with Crippen LogP contribution < -0.4 is 5.32 Å². The van der Waals surface area contributed by atoms with E-state index in [1.54, 1.807) is 31.3 Å². The van der Waals surface area contributed by atoms with Crippen LogP contribution in [0.15, 0.2) is 35.0 Å². The Morgan fingerprint density at radius 3 is 2.55 bits per heavy atom. The summed E-state index contributed by atoms with van der Waals surface area (Å²) in [5.74, 6) is -1.55. The van der Waals surface area contributed by atoms with Gasteiger partial charge in [-0.25, -0.2) is 0 Å². The highest BCUT2D eigenvalue weighted by Gasteiger charge is 2.46. The molecule has 1 aromatic rings. The number of amides is 1. The first kappa shape index (κ1) is 14.7. The lowest BCUT2D eigenvalue weighted by Crippen LogP contribution is -2.45. The van der Waals surface area contributed by atoms with Gasteiger partial charge < -0.3 is 10.4 Å². The molecule has 0 saturated carbocycles. The van der Waals surface area contributed by atoms with E-state index < -0.39 is 17.3 Å². The Hall–Kier alpha value is -1.69. The fraction of sp³-hybridized carbons (Fsp3) is 0.357. The van der Waals surface area contributed by atoms with Gasteiger partial charge in [-0.05, 0) is 47.8 Å². The number of aliphatic carboxylic acids is 1. The smallest absolute Gasteiger partial charge is 0.319 e. The van der Waals surface area contributed by atoms with Crippen molar-refractivity contribution in [2.45, 2.75) is 25.8 Å². The van der Waals surface area contributed by atoms with E-state index in [0.717, 1.165) is 4.47 Å². The number of carboxylic acids is 1. The summed E-state index contributed by atoms with van der Waals surface area (Å²) in [6, 6.07) is 3.28. The molecule has 0 fully saturated rings. The predicted molar refractivity (Wildman–Crippen MR) is 76.9 cm³/mol. The number of carbonyl (C=O) groups is 2. The van der Waals surface area contributed by atoms with Crippen LogP contribution in [0.2, 0.25) is 0 Å². The van der Waals surface area contributed by atoms with Gasteiger partial charge in [0.15, 0.2) is 5.41 Å². The van der Waals surface area contributed by atoms with Gasteiger partial charge >= 0.3 is 5.97 Å². The zero-order chi connectivity index (χ0) is 14.8. The van der Waals surface area contributed by atoms with Gasteiger partial charge in [0.1, 0.15) is 0 Å². The summed E-state index contributed by atoms with van der Waals surface area (Å²) in [5, 5.41) is 12.1. The summed E-state index contributed by atoms with van der Waals surface area (Å²) in [7, 11) is 0. The quantitative estimate of drug-likeness (QED) is 0.652. The third-order valence-electron chi connectivity index (χ3n) is 3.48. The van der Waals surface area contributed by atoms with Gasteiger partial charge in [-0.15, -0.1) is 0 Å². The monoisotopic (exact) mass is 338 g/mol. The van der Waals surface area contributed by atoms with Gasteiger partial charge in [-0.2, -0.15) is 0 Å². The molecule has 1 heterocycles. The molecule has 2 rings (SSSR count). The van der Waals surface area contributed by atoms with Crippen molar-refractivity contribution in [1.29, 1.82) is 0 Å². The standard InChI is InChI=1S/C14H15BrN2O3/c1-9(11-5-4-10(15)8-16-11)17-12(18)14(13(19)20)6-2-3-7-14/h2-5,8-9H,6-7H2,1H3,(H,17,18)(H,19,20). The second-order valence-corrected chi connectivity index (χ2v) is 5.78. The topological polar surface area (TPSA) is 79.3 Å². The van der Waals surface area contributed by atoms with E-state index in [0.29, 0.717) is 5.69 Å². The summed E-state index contributed by atoms with van der Waals surface area (Å²) in [6.07, 6.45) is 5.57. The highest BCUT2D eigenvalue weighted by molar-refractivity contribution is 9.10. The van der Waals surface area contributed by atoms with Crippen LogP contribution in [0, 0.1) is 5.41 Å². The molecule has 20 heavy (non-hydrogen) atoms. The van der Waals surface area contributed by atoms with Crippen LogP contribution in [0.3, 0.4) is 0 Å². The molecule has 0 bridgehead atoms. The molecule has 0 saturated heterocycles. The largest absolute Gasteiger partial charge is 0.480 e. The number of carbonyl (C=O) groups excluding carboxylic acids is 1. The number of hydrogen-bond donors (Lipinski definition) is 2. The molecular formula is C14H15BrN2O3. The van der Waals surface area contributed by atoms with E-state index in [-0.39, 0.29) is 18.9 Å². The molecule has 1 aliphatic rings. The van der Waals surface area contributed by atoms with Crippen LogP contribution in [-0.4, -0.2) is 22.0 Å². The van der Waals surface area contributed by atoms with Crippen LogP contribution >= 0.6 is 15.9 Å². The van der Waals surface area contributed by atoms with Crippen molar-refractivity contribution in [3.05, 3.63) is 40.6 Å². The van der Waals surface area contributed by atoms with Gasteiger partial charge in [-0.3, -0.25) is 14.6 Å². The van der Waals surface area contributed by atoms with Crippen molar-refractivity contribution in [3.8, 4) is 0 Å². The summed E-state index contributed by atoms with van der Waals surface area (Å²) >= 11 is 3.29. The van der Waals surface area contributed by atoms with Gasteiger partial charge in [0.2, 0.25) is 5.91 Å². The maximum Gasteiger partial charge on any atom is 0.319 e. The molecule has 0 aromatic carbocycles. The number of pyridine rings is 1. The lowest BCUT2D eigenvalue weighted by atomic mass is 9.84. The van der Waals surface area contributed by atoms with Crippen molar-refractivity contribution >= 4 is 27.8 Å². The zero-order valence-corrected chi connectivity index (χ0v) is 12.6. The highest BCUT2D eigenvalue weighted by atomic mass is 79.9. The van der Waals surface area contributed by atoms with E-state index in [9.17, 15) is 14.7 Å². The summed E-state index contributed by atoms with van der Waals surface area (Å²) in [6.45, 7) is 1.78. The Bertz CT molecular complexity index is 546. The average Bonchev–Trinajstić information content (AvgIpc) is 2.90. The van der Waals surface area contributed by atoms with E-state index in [4.69, 9.17) is 0 Å². The van der Waals surface area contributed by atoms with E-state index >= 15 is 0 Å². The average molecular weight is 339 g/mol. The second kappa shape index (κ2) is 5.75. The molecule has 0 radical (unpaired) electrons. The van der Waals surface area contributed by atoms with Crippen LogP contribution in [-0.2, 0) is 9.59 Å². The van der Waals surface area contributed by atoms with Crippen molar-refractivity contribution in [1.82, 2.24) is 10.3 Å². The Morgan fingerprint density at radius 2 is 2.05 bits per heavy atom. The Labute approximate surface area is 125 Å². The molecule has 2 N–H and O–H groups in total. The Morgan fingerprint density at radius 1 is 1.40 bits per heavy atom. The van der Waals surface area contributed by atoms with Crippen molar-refractivity contribution < 1.29 is 14.7 Å². The van der Waals surface area contributed by atoms with Crippen LogP contribution in [0.5, 0.6) is 0 Å².